The Kier molecular flexibility index (Phi) is 4.42. The first-order valence-corrected chi connectivity index (χ1v) is 7.05. The molecule has 2 aromatic carbocycles. The Labute approximate surface area is 136 Å². The van der Waals surface area contributed by atoms with E-state index >= 15 is 0 Å². The van der Waals surface area contributed by atoms with Crippen LogP contribution in [0.4, 0.5) is 4.39 Å². The molecule has 0 aliphatic carbocycles. The summed E-state index contributed by atoms with van der Waals surface area (Å²) in [6.07, 6.45) is 2.84. The van der Waals surface area contributed by atoms with Crippen molar-refractivity contribution in [3.63, 3.8) is 0 Å². The van der Waals surface area contributed by atoms with Gasteiger partial charge in [-0.05, 0) is 48.0 Å². The van der Waals surface area contributed by atoms with E-state index in [1.165, 1.54) is 18.2 Å². The quantitative estimate of drug-likeness (QED) is 0.668. The highest BCUT2D eigenvalue weighted by Crippen LogP contribution is 2.32. The molecule has 0 saturated heterocycles. The molecular weight excluding hydrogens is 315 g/mol. The number of ether oxygens (including phenoxy) is 2. The standard InChI is InChI=1S/C17H13FN2O4/c18-13-5-3-12(4-6-13)17(22)20-19-16(21)8-2-11-1-7-14-15(9-11)24-10-23-14/h1-9H,10H2,(H,19,21)(H,20,22)/b8-2+. The molecule has 0 radical (unpaired) electrons. The van der Waals surface area contributed by atoms with Crippen molar-refractivity contribution >= 4 is 17.9 Å². The van der Waals surface area contributed by atoms with Gasteiger partial charge in [-0.25, -0.2) is 4.39 Å². The number of carbonyl (C=O) groups is 2. The molecule has 0 atom stereocenters. The number of hydrogen-bond donors (Lipinski definition) is 2. The lowest BCUT2D eigenvalue weighted by molar-refractivity contribution is -0.117. The van der Waals surface area contributed by atoms with Gasteiger partial charge in [0.15, 0.2) is 11.5 Å². The number of hydrogen-bond acceptors (Lipinski definition) is 4. The molecule has 0 spiro atoms. The van der Waals surface area contributed by atoms with Gasteiger partial charge in [0.05, 0.1) is 0 Å². The lowest BCUT2D eigenvalue weighted by atomic mass is 10.2. The summed E-state index contributed by atoms with van der Waals surface area (Å²) >= 11 is 0. The van der Waals surface area contributed by atoms with E-state index in [2.05, 4.69) is 10.9 Å². The maximum atomic E-state index is 12.8. The van der Waals surface area contributed by atoms with Gasteiger partial charge in [-0.2, -0.15) is 0 Å². The van der Waals surface area contributed by atoms with E-state index in [4.69, 9.17) is 9.47 Å². The van der Waals surface area contributed by atoms with Crippen molar-refractivity contribution in [3.05, 3.63) is 65.5 Å². The van der Waals surface area contributed by atoms with Gasteiger partial charge in [0.2, 0.25) is 6.79 Å². The van der Waals surface area contributed by atoms with Gasteiger partial charge in [-0.1, -0.05) is 6.07 Å². The Morgan fingerprint density at radius 3 is 2.54 bits per heavy atom. The van der Waals surface area contributed by atoms with Crippen LogP contribution in [0.25, 0.3) is 6.08 Å². The van der Waals surface area contributed by atoms with Crippen molar-refractivity contribution in [2.24, 2.45) is 0 Å². The maximum absolute atomic E-state index is 12.8. The monoisotopic (exact) mass is 328 g/mol. The van der Waals surface area contributed by atoms with Gasteiger partial charge < -0.3 is 9.47 Å². The van der Waals surface area contributed by atoms with Gasteiger partial charge in [0.1, 0.15) is 5.82 Å². The summed E-state index contributed by atoms with van der Waals surface area (Å²) in [5, 5.41) is 0. The third kappa shape index (κ3) is 3.70. The third-order valence-corrected chi connectivity index (χ3v) is 3.23. The summed E-state index contributed by atoms with van der Waals surface area (Å²) in [6.45, 7) is 0.179. The second-order valence-electron chi connectivity index (χ2n) is 4.90. The third-order valence-electron chi connectivity index (χ3n) is 3.23. The maximum Gasteiger partial charge on any atom is 0.269 e. The van der Waals surface area contributed by atoms with Gasteiger partial charge in [0, 0.05) is 11.6 Å². The summed E-state index contributed by atoms with van der Waals surface area (Å²) in [6, 6.07) is 10.2. The lowest BCUT2D eigenvalue weighted by Gasteiger charge is -2.05. The van der Waals surface area contributed by atoms with Crippen molar-refractivity contribution in [2.45, 2.75) is 0 Å². The molecule has 1 heterocycles. The molecule has 2 N–H and O–H groups in total. The molecular formula is C17H13FN2O4. The van der Waals surface area contributed by atoms with Crippen LogP contribution in [-0.4, -0.2) is 18.6 Å². The summed E-state index contributed by atoms with van der Waals surface area (Å²) in [5.74, 6) is -0.226. The van der Waals surface area contributed by atoms with Crippen LogP contribution in [0.2, 0.25) is 0 Å². The van der Waals surface area contributed by atoms with Crippen LogP contribution in [-0.2, 0) is 4.79 Å². The molecule has 0 bridgehead atoms. The van der Waals surface area contributed by atoms with Crippen LogP contribution in [0, 0.1) is 5.82 Å². The molecule has 0 saturated carbocycles. The number of amides is 2. The minimum absolute atomic E-state index is 0.179. The number of fused-ring (bicyclic) bond motifs is 1. The van der Waals surface area contributed by atoms with Gasteiger partial charge in [-0.3, -0.25) is 20.4 Å². The van der Waals surface area contributed by atoms with Crippen LogP contribution in [0.5, 0.6) is 11.5 Å². The van der Waals surface area contributed by atoms with E-state index in [1.807, 2.05) is 0 Å². The van der Waals surface area contributed by atoms with E-state index in [0.29, 0.717) is 11.5 Å². The van der Waals surface area contributed by atoms with Gasteiger partial charge in [-0.15, -0.1) is 0 Å². The number of rotatable bonds is 3. The zero-order valence-corrected chi connectivity index (χ0v) is 12.4. The number of carbonyl (C=O) groups excluding carboxylic acids is 2. The average molecular weight is 328 g/mol. The van der Waals surface area contributed by atoms with E-state index in [1.54, 1.807) is 24.3 Å². The summed E-state index contributed by atoms with van der Waals surface area (Å²) in [7, 11) is 0. The van der Waals surface area contributed by atoms with Crippen LogP contribution < -0.4 is 20.3 Å². The second-order valence-corrected chi connectivity index (χ2v) is 4.90. The number of nitrogens with one attached hydrogen (secondary N) is 2. The van der Waals surface area contributed by atoms with Crippen molar-refractivity contribution in [3.8, 4) is 11.5 Å². The molecule has 6 nitrogen and oxygen atoms in total. The van der Waals surface area contributed by atoms with Crippen molar-refractivity contribution in [2.75, 3.05) is 6.79 Å². The van der Waals surface area contributed by atoms with Gasteiger partial charge >= 0.3 is 0 Å². The lowest BCUT2D eigenvalue weighted by Crippen LogP contribution is -2.40. The van der Waals surface area contributed by atoms with Crippen molar-refractivity contribution in [1.29, 1.82) is 0 Å². The highest BCUT2D eigenvalue weighted by molar-refractivity contribution is 5.97. The fourth-order valence-electron chi connectivity index (χ4n) is 2.02. The highest BCUT2D eigenvalue weighted by Gasteiger charge is 2.12. The first-order chi connectivity index (χ1) is 11.6. The first-order valence-electron chi connectivity index (χ1n) is 7.05. The zero-order valence-electron chi connectivity index (χ0n) is 12.4. The van der Waals surface area contributed by atoms with Crippen molar-refractivity contribution < 1.29 is 23.5 Å². The summed E-state index contributed by atoms with van der Waals surface area (Å²) < 4.78 is 23.2. The number of hydrazine groups is 1. The highest BCUT2D eigenvalue weighted by atomic mass is 19.1. The molecule has 2 aromatic rings. The first kappa shape index (κ1) is 15.5. The Morgan fingerprint density at radius 2 is 1.75 bits per heavy atom. The van der Waals surface area contributed by atoms with Crippen LogP contribution in [0.3, 0.4) is 0 Å². The minimum atomic E-state index is -0.542. The SMILES string of the molecule is O=C(/C=C/c1ccc2c(c1)OCO2)NNC(=O)c1ccc(F)cc1. The minimum Gasteiger partial charge on any atom is -0.454 e. The Hall–Kier alpha value is -3.35. The average Bonchev–Trinajstić information content (AvgIpc) is 3.06. The number of benzene rings is 2. The topological polar surface area (TPSA) is 76.7 Å². The fraction of sp³-hybridized carbons (Fsp3) is 0.0588. The van der Waals surface area contributed by atoms with Gasteiger partial charge in [0.25, 0.3) is 11.8 Å². The Balaban J connectivity index is 1.53. The molecule has 0 fully saturated rings. The summed E-state index contributed by atoms with van der Waals surface area (Å²) in [5.41, 5.74) is 5.46. The number of halogens is 1. The molecule has 122 valence electrons. The Morgan fingerprint density at radius 1 is 1.00 bits per heavy atom. The van der Waals surface area contributed by atoms with Crippen molar-refractivity contribution in [1.82, 2.24) is 10.9 Å². The predicted molar refractivity (Wildman–Crippen MR) is 83.6 cm³/mol. The molecule has 1 aliphatic rings. The second kappa shape index (κ2) is 6.82. The van der Waals surface area contributed by atoms with E-state index in [0.717, 1.165) is 17.7 Å². The van der Waals surface area contributed by atoms with Crippen LogP contribution in [0.15, 0.2) is 48.5 Å². The van der Waals surface area contributed by atoms with E-state index in [9.17, 15) is 14.0 Å². The fourth-order valence-corrected chi connectivity index (χ4v) is 2.02. The smallest absolute Gasteiger partial charge is 0.269 e. The molecule has 0 aromatic heterocycles. The molecule has 2 amide bonds. The predicted octanol–water partition coefficient (Wildman–Crippen LogP) is 2.03. The van der Waals surface area contributed by atoms with Crippen LogP contribution >= 0.6 is 0 Å². The molecule has 7 heteroatoms. The summed E-state index contributed by atoms with van der Waals surface area (Å²) in [4.78, 5) is 23.5. The molecule has 3 rings (SSSR count). The molecule has 24 heavy (non-hydrogen) atoms. The van der Waals surface area contributed by atoms with E-state index < -0.39 is 17.6 Å². The molecule has 0 unspecified atom stereocenters. The normalized spacial score (nSPS) is 12.2. The van der Waals surface area contributed by atoms with Crippen LogP contribution in [0.1, 0.15) is 15.9 Å². The molecule has 1 aliphatic heterocycles. The largest absolute Gasteiger partial charge is 0.454 e. The van der Waals surface area contributed by atoms with E-state index in [-0.39, 0.29) is 12.4 Å². The Bertz CT molecular complexity index is 803. The zero-order chi connectivity index (χ0) is 16.9.